The fourth-order valence-electron chi connectivity index (χ4n) is 5.12. The number of fused-ring (bicyclic) bond motifs is 1. The summed E-state index contributed by atoms with van der Waals surface area (Å²) in [6.45, 7) is 5.49. The van der Waals surface area contributed by atoms with E-state index in [-0.39, 0.29) is 21.6 Å². The third-order valence-corrected chi connectivity index (χ3v) is 7.89. The fourth-order valence-corrected chi connectivity index (χ4v) is 5.50. The zero-order chi connectivity index (χ0) is 34.6. The number of benzene rings is 2. The van der Waals surface area contributed by atoms with Crippen molar-refractivity contribution in [2.45, 2.75) is 51.7 Å². The number of amides is 3. The van der Waals surface area contributed by atoms with Gasteiger partial charge in [-0.05, 0) is 76.4 Å². The van der Waals surface area contributed by atoms with Crippen molar-refractivity contribution in [1.82, 2.24) is 25.7 Å². The Kier molecular flexibility index (Phi) is 10.2. The van der Waals surface area contributed by atoms with Gasteiger partial charge in [-0.1, -0.05) is 47.2 Å². The molecule has 5 rings (SSSR count). The van der Waals surface area contributed by atoms with Gasteiger partial charge in [-0.2, -0.15) is 0 Å². The molecule has 0 saturated carbocycles. The summed E-state index contributed by atoms with van der Waals surface area (Å²) in [6, 6.07) is 14.2. The Labute approximate surface area is 286 Å². The lowest BCUT2D eigenvalue weighted by Gasteiger charge is -2.33. The molecule has 1 aliphatic heterocycles. The SMILES string of the molecule is CC(C)(C)OC(=O)NNC(=O)c1cc(-c2ccc(C#Cc3ccc(C(=O)N4CCCC[C@H]4C(=O)O)cc3Cl)cc2)nc2cc(Cl)ncc12. The molecule has 0 spiro atoms. The van der Waals surface area contributed by atoms with E-state index < -0.39 is 29.6 Å². The lowest BCUT2D eigenvalue weighted by molar-refractivity contribution is -0.143. The number of carbonyl (C=O) groups is 4. The number of hydrazine groups is 1. The second-order valence-electron chi connectivity index (χ2n) is 12.0. The maximum absolute atomic E-state index is 13.1. The van der Waals surface area contributed by atoms with Crippen LogP contribution in [-0.2, 0) is 9.53 Å². The van der Waals surface area contributed by atoms with Crippen LogP contribution in [0.1, 0.15) is 71.9 Å². The van der Waals surface area contributed by atoms with Gasteiger partial charge in [0.25, 0.3) is 11.8 Å². The van der Waals surface area contributed by atoms with E-state index in [1.54, 1.807) is 63.2 Å². The zero-order valence-electron chi connectivity index (χ0n) is 26.3. The molecule has 1 fully saturated rings. The average Bonchev–Trinajstić information content (AvgIpc) is 3.05. The largest absolute Gasteiger partial charge is 0.480 e. The first-order valence-corrected chi connectivity index (χ1v) is 15.8. The maximum atomic E-state index is 13.1. The van der Waals surface area contributed by atoms with Crippen LogP contribution in [0.15, 0.2) is 60.8 Å². The first-order chi connectivity index (χ1) is 22.8. The smallest absolute Gasteiger partial charge is 0.426 e. The monoisotopic (exact) mass is 687 g/mol. The number of pyridine rings is 2. The number of halogens is 2. The van der Waals surface area contributed by atoms with Crippen molar-refractivity contribution >= 4 is 58.0 Å². The molecule has 2 aromatic heterocycles. The van der Waals surface area contributed by atoms with Crippen LogP contribution in [-0.4, -0.2) is 62.0 Å². The maximum Gasteiger partial charge on any atom is 0.426 e. The van der Waals surface area contributed by atoms with Crippen molar-refractivity contribution in [2.24, 2.45) is 0 Å². The highest BCUT2D eigenvalue weighted by molar-refractivity contribution is 6.32. The molecule has 2 aromatic carbocycles. The molecule has 1 saturated heterocycles. The Bertz CT molecular complexity index is 1980. The summed E-state index contributed by atoms with van der Waals surface area (Å²) in [5.41, 5.74) is 7.11. The number of likely N-dealkylation sites (tertiary alicyclic amines) is 1. The van der Waals surface area contributed by atoms with E-state index in [2.05, 4.69) is 32.7 Å². The van der Waals surface area contributed by atoms with Crippen LogP contribution in [0.25, 0.3) is 22.2 Å². The van der Waals surface area contributed by atoms with Gasteiger partial charge in [0.15, 0.2) is 0 Å². The quantitative estimate of drug-likeness (QED) is 0.129. The average molecular weight is 689 g/mol. The number of aromatic nitrogens is 2. The van der Waals surface area contributed by atoms with E-state index in [0.29, 0.717) is 51.8 Å². The summed E-state index contributed by atoms with van der Waals surface area (Å²) in [5.74, 6) is 4.07. The number of carbonyl (C=O) groups excluding carboxylic acids is 3. The normalized spacial score (nSPS) is 14.4. The molecule has 4 aromatic rings. The molecule has 246 valence electrons. The molecule has 3 amide bonds. The predicted octanol–water partition coefficient (Wildman–Crippen LogP) is 6.25. The van der Waals surface area contributed by atoms with E-state index in [4.69, 9.17) is 27.9 Å². The molecular weight excluding hydrogens is 657 g/mol. The van der Waals surface area contributed by atoms with Gasteiger partial charge in [0.1, 0.15) is 16.8 Å². The van der Waals surface area contributed by atoms with Gasteiger partial charge in [0, 0.05) is 46.4 Å². The van der Waals surface area contributed by atoms with Crippen molar-refractivity contribution in [2.75, 3.05) is 6.54 Å². The molecule has 0 unspecified atom stereocenters. The number of carboxylic acids is 1. The van der Waals surface area contributed by atoms with Crippen molar-refractivity contribution in [3.05, 3.63) is 93.2 Å². The number of rotatable bonds is 4. The van der Waals surface area contributed by atoms with Crippen molar-refractivity contribution < 1.29 is 29.0 Å². The zero-order valence-corrected chi connectivity index (χ0v) is 27.8. The second-order valence-corrected chi connectivity index (χ2v) is 12.8. The molecule has 11 nitrogen and oxygen atoms in total. The lowest BCUT2D eigenvalue weighted by atomic mass is 10.0. The summed E-state index contributed by atoms with van der Waals surface area (Å²) in [4.78, 5) is 60.0. The highest BCUT2D eigenvalue weighted by Gasteiger charge is 2.32. The van der Waals surface area contributed by atoms with Gasteiger partial charge in [-0.15, -0.1) is 0 Å². The second kappa shape index (κ2) is 14.3. The Morgan fingerprint density at radius 3 is 2.42 bits per heavy atom. The number of hydrogen-bond acceptors (Lipinski definition) is 7. The minimum Gasteiger partial charge on any atom is -0.480 e. The number of ether oxygens (including phenoxy) is 1. The third kappa shape index (κ3) is 8.20. The standard InChI is InChI=1S/C35H31Cl2N5O6/c1-35(2,3)48-34(47)41-40-31(43)24-17-27(39-28-18-30(37)38-19-25(24)28)22-11-8-20(9-12-22)7-10-21-13-14-23(16-26(21)36)32(44)42-15-5-4-6-29(42)33(45)46/h8-9,11-14,16-19,29H,4-6,15H2,1-3H3,(H,40,43)(H,41,47)(H,45,46)/t29-/m0/s1. The van der Waals surface area contributed by atoms with Gasteiger partial charge >= 0.3 is 12.1 Å². The van der Waals surface area contributed by atoms with Crippen LogP contribution < -0.4 is 10.9 Å². The number of piperidine rings is 1. The molecule has 0 radical (unpaired) electrons. The highest BCUT2D eigenvalue weighted by atomic mass is 35.5. The topological polar surface area (TPSA) is 151 Å². The summed E-state index contributed by atoms with van der Waals surface area (Å²) in [5, 5.41) is 10.4. The van der Waals surface area contributed by atoms with Gasteiger partial charge in [0.2, 0.25) is 0 Å². The van der Waals surface area contributed by atoms with E-state index in [9.17, 15) is 24.3 Å². The van der Waals surface area contributed by atoms with Crippen LogP contribution >= 0.6 is 23.2 Å². The fraction of sp³-hybridized carbons (Fsp3) is 0.257. The van der Waals surface area contributed by atoms with Gasteiger partial charge < -0.3 is 14.7 Å². The van der Waals surface area contributed by atoms with Gasteiger partial charge in [-0.25, -0.2) is 25.0 Å². The van der Waals surface area contributed by atoms with Crippen molar-refractivity contribution in [1.29, 1.82) is 0 Å². The first kappa shape index (κ1) is 34.2. The first-order valence-electron chi connectivity index (χ1n) is 15.0. The Hall–Kier alpha value is -5.18. The third-order valence-electron chi connectivity index (χ3n) is 7.37. The van der Waals surface area contributed by atoms with Crippen molar-refractivity contribution in [3.8, 4) is 23.1 Å². The molecule has 3 N–H and O–H groups in total. The molecule has 48 heavy (non-hydrogen) atoms. The number of aliphatic carboxylic acids is 1. The van der Waals surface area contributed by atoms with E-state index in [1.165, 1.54) is 23.2 Å². The molecule has 13 heteroatoms. The van der Waals surface area contributed by atoms with Crippen LogP contribution in [0, 0.1) is 11.8 Å². The van der Waals surface area contributed by atoms with E-state index in [0.717, 1.165) is 12.8 Å². The van der Waals surface area contributed by atoms with Crippen LogP contribution in [0.5, 0.6) is 0 Å². The summed E-state index contributed by atoms with van der Waals surface area (Å²) >= 11 is 12.6. The molecule has 1 atom stereocenters. The predicted molar refractivity (Wildman–Crippen MR) is 181 cm³/mol. The molecular formula is C35H31Cl2N5O6. The summed E-state index contributed by atoms with van der Waals surface area (Å²) in [6.07, 6.45) is 2.55. The van der Waals surface area contributed by atoms with Crippen LogP contribution in [0.2, 0.25) is 10.2 Å². The Morgan fingerprint density at radius 1 is 0.979 bits per heavy atom. The van der Waals surface area contributed by atoms with E-state index >= 15 is 0 Å². The minimum absolute atomic E-state index is 0.197. The molecule has 1 aliphatic rings. The highest BCUT2D eigenvalue weighted by Crippen LogP contribution is 2.27. The lowest BCUT2D eigenvalue weighted by Crippen LogP contribution is -2.47. The van der Waals surface area contributed by atoms with Gasteiger partial charge in [0.05, 0.1) is 21.8 Å². The van der Waals surface area contributed by atoms with Crippen LogP contribution in [0.3, 0.4) is 0 Å². The number of carboxylic acid groups (broad SMARTS) is 1. The van der Waals surface area contributed by atoms with E-state index in [1.807, 2.05) is 0 Å². The summed E-state index contributed by atoms with van der Waals surface area (Å²) in [7, 11) is 0. The Balaban J connectivity index is 1.34. The number of nitrogens with zero attached hydrogens (tertiary/aromatic N) is 3. The summed E-state index contributed by atoms with van der Waals surface area (Å²) < 4.78 is 5.18. The minimum atomic E-state index is -1.01. The number of nitrogens with one attached hydrogen (secondary N) is 2. The molecule has 0 bridgehead atoms. The van der Waals surface area contributed by atoms with Crippen LogP contribution in [0.4, 0.5) is 4.79 Å². The molecule has 0 aliphatic carbocycles. The van der Waals surface area contributed by atoms with Crippen molar-refractivity contribution in [3.63, 3.8) is 0 Å². The molecule has 3 heterocycles. The Morgan fingerprint density at radius 2 is 1.73 bits per heavy atom. The number of hydrogen-bond donors (Lipinski definition) is 3. The van der Waals surface area contributed by atoms with Gasteiger partial charge in [-0.3, -0.25) is 15.0 Å².